The molecule has 0 aliphatic carbocycles. The molecule has 3 aromatic rings. The number of carbonyl (C=O) groups is 2. The van der Waals surface area contributed by atoms with Crippen molar-refractivity contribution in [3.63, 3.8) is 0 Å². The van der Waals surface area contributed by atoms with Gasteiger partial charge in [0.05, 0.1) is 43.1 Å². The number of hydrogen-bond acceptors (Lipinski definition) is 5. The molecule has 2 aromatic carbocycles. The number of aromatic nitrogens is 3. The van der Waals surface area contributed by atoms with Crippen molar-refractivity contribution in [3.8, 4) is 0 Å². The van der Waals surface area contributed by atoms with Crippen LogP contribution in [-0.2, 0) is 11.8 Å². The van der Waals surface area contributed by atoms with E-state index in [-0.39, 0.29) is 33.5 Å². The van der Waals surface area contributed by atoms with E-state index in [2.05, 4.69) is 20.8 Å². The third-order valence-corrected chi connectivity index (χ3v) is 7.22. The molecule has 3 rings (SSSR count). The van der Waals surface area contributed by atoms with Gasteiger partial charge in [-0.3, -0.25) is 9.59 Å². The lowest BCUT2D eigenvalue weighted by Gasteiger charge is -2.22. The van der Waals surface area contributed by atoms with Crippen molar-refractivity contribution < 1.29 is 9.59 Å². The van der Waals surface area contributed by atoms with E-state index in [1.54, 1.807) is 35.9 Å². The lowest BCUT2D eigenvalue weighted by atomic mass is 10.0. The summed E-state index contributed by atoms with van der Waals surface area (Å²) < 4.78 is 1.75. The molecule has 0 radical (unpaired) electrons. The number of anilines is 1. The van der Waals surface area contributed by atoms with Crippen LogP contribution in [0.25, 0.3) is 0 Å². The van der Waals surface area contributed by atoms with Crippen LogP contribution in [0.5, 0.6) is 0 Å². The van der Waals surface area contributed by atoms with Gasteiger partial charge < -0.3 is 15.2 Å². The maximum absolute atomic E-state index is 12.8. The predicted molar refractivity (Wildman–Crippen MR) is 138 cm³/mol. The molecule has 0 bridgehead atoms. The van der Waals surface area contributed by atoms with Crippen LogP contribution in [0, 0.1) is 5.92 Å². The molecule has 0 aliphatic heterocycles. The minimum atomic E-state index is -0.417. The summed E-state index contributed by atoms with van der Waals surface area (Å²) in [4.78, 5) is 25.2. The normalized spacial score (nSPS) is 12.0. The third-order valence-electron chi connectivity index (χ3n) is 4.83. The Balaban J connectivity index is 1.69. The number of thioether (sulfide) groups is 1. The predicted octanol–water partition coefficient (Wildman–Crippen LogP) is 6.29. The van der Waals surface area contributed by atoms with Gasteiger partial charge >= 0.3 is 0 Å². The highest BCUT2D eigenvalue weighted by atomic mass is 35.5. The molecule has 2 amide bonds. The minimum Gasteiger partial charge on any atom is -0.342 e. The zero-order valence-corrected chi connectivity index (χ0v) is 22.2. The zero-order chi connectivity index (χ0) is 25.0. The maximum Gasteiger partial charge on any atom is 0.253 e. The Morgan fingerprint density at radius 3 is 2.35 bits per heavy atom. The number of nitrogens with zero attached hydrogens (tertiary/aromatic N) is 3. The van der Waals surface area contributed by atoms with Crippen molar-refractivity contribution >= 4 is 75.7 Å². The van der Waals surface area contributed by atoms with E-state index in [0.29, 0.717) is 32.3 Å². The van der Waals surface area contributed by atoms with Crippen molar-refractivity contribution in [2.75, 3.05) is 11.1 Å². The minimum absolute atomic E-state index is 0.0206. The summed E-state index contributed by atoms with van der Waals surface area (Å²) in [6.45, 7) is 3.93. The van der Waals surface area contributed by atoms with Gasteiger partial charge in [0.1, 0.15) is 0 Å². The Labute approximate surface area is 221 Å². The van der Waals surface area contributed by atoms with E-state index in [9.17, 15) is 9.59 Å². The number of halogens is 4. The van der Waals surface area contributed by atoms with Gasteiger partial charge in [0.15, 0.2) is 11.0 Å². The fourth-order valence-corrected chi connectivity index (χ4v) is 4.58. The Morgan fingerprint density at radius 1 is 1.00 bits per heavy atom. The van der Waals surface area contributed by atoms with Gasteiger partial charge in [-0.25, -0.2) is 0 Å². The number of benzene rings is 2. The molecule has 1 aromatic heterocycles. The quantitative estimate of drug-likeness (QED) is 0.250. The van der Waals surface area contributed by atoms with Crippen LogP contribution in [0.15, 0.2) is 41.6 Å². The molecule has 0 unspecified atom stereocenters. The SMILES string of the molecule is CC(C)[C@H](NC(=O)c1ccccc1Cl)c1nnc(SCC(=O)Nc2cc(Cl)c(Cl)cc2Cl)n1C. The standard InChI is InChI=1S/C22H21Cl4N5O2S/c1-11(2)19(28-21(33)12-6-4-5-7-13(12)23)20-29-30-22(31(20)3)34-10-18(32)27-17-9-15(25)14(24)8-16(17)26/h4-9,11,19H,10H2,1-3H3,(H,27,32)(H,28,33)/t19-/m0/s1. The van der Waals surface area contributed by atoms with E-state index in [1.165, 1.54) is 23.9 Å². The Hall–Kier alpha value is -1.97. The van der Waals surface area contributed by atoms with Crippen molar-refractivity contribution in [1.82, 2.24) is 20.1 Å². The summed E-state index contributed by atoms with van der Waals surface area (Å²) in [6.07, 6.45) is 0. The van der Waals surface area contributed by atoms with Crippen molar-refractivity contribution in [2.45, 2.75) is 25.0 Å². The molecule has 1 heterocycles. The Kier molecular flexibility index (Phi) is 9.12. The average molecular weight is 561 g/mol. The van der Waals surface area contributed by atoms with Gasteiger partial charge in [-0.2, -0.15) is 0 Å². The highest BCUT2D eigenvalue weighted by Crippen LogP contribution is 2.32. The smallest absolute Gasteiger partial charge is 0.253 e. The van der Waals surface area contributed by atoms with Gasteiger partial charge in [0, 0.05) is 7.05 Å². The molecule has 0 saturated carbocycles. The molecule has 7 nitrogen and oxygen atoms in total. The van der Waals surface area contributed by atoms with Crippen molar-refractivity contribution in [1.29, 1.82) is 0 Å². The molecule has 2 N–H and O–H groups in total. The topological polar surface area (TPSA) is 88.9 Å². The van der Waals surface area contributed by atoms with E-state index in [1.807, 2.05) is 13.8 Å². The summed E-state index contributed by atoms with van der Waals surface area (Å²) in [7, 11) is 1.78. The highest BCUT2D eigenvalue weighted by Gasteiger charge is 2.26. The Morgan fingerprint density at radius 2 is 1.68 bits per heavy atom. The lowest BCUT2D eigenvalue weighted by Crippen LogP contribution is -2.33. The van der Waals surface area contributed by atoms with Crippen molar-refractivity contribution in [3.05, 3.63) is 67.9 Å². The molecule has 34 heavy (non-hydrogen) atoms. The first-order chi connectivity index (χ1) is 16.1. The van der Waals surface area contributed by atoms with Gasteiger partial charge in [-0.15, -0.1) is 10.2 Å². The van der Waals surface area contributed by atoms with E-state index in [0.717, 1.165) is 0 Å². The number of nitrogens with one attached hydrogen (secondary N) is 2. The lowest BCUT2D eigenvalue weighted by molar-refractivity contribution is -0.113. The fraction of sp³-hybridized carbons (Fsp3) is 0.273. The molecule has 0 fully saturated rings. The molecule has 0 spiro atoms. The first kappa shape index (κ1) is 26.6. The van der Waals surface area contributed by atoms with Gasteiger partial charge in [-0.05, 0) is 30.2 Å². The number of carbonyl (C=O) groups excluding carboxylic acids is 2. The number of rotatable bonds is 8. The second-order valence-corrected chi connectivity index (χ2v) is 10.2. The molecule has 180 valence electrons. The average Bonchev–Trinajstić information content (AvgIpc) is 3.14. The van der Waals surface area contributed by atoms with Crippen LogP contribution in [0.4, 0.5) is 5.69 Å². The van der Waals surface area contributed by atoms with Gasteiger partial charge in [0.25, 0.3) is 5.91 Å². The first-order valence-corrected chi connectivity index (χ1v) is 12.6. The second-order valence-electron chi connectivity index (χ2n) is 7.66. The molecule has 0 aliphatic rings. The second kappa shape index (κ2) is 11.6. The third kappa shape index (κ3) is 6.37. The summed E-state index contributed by atoms with van der Waals surface area (Å²) >= 11 is 25.4. The number of hydrogen-bond donors (Lipinski definition) is 2. The van der Waals surface area contributed by atoms with Gasteiger partial charge in [-0.1, -0.05) is 84.1 Å². The maximum atomic E-state index is 12.8. The number of amides is 2. The molecular weight excluding hydrogens is 540 g/mol. The van der Waals surface area contributed by atoms with E-state index < -0.39 is 6.04 Å². The molecule has 1 atom stereocenters. The van der Waals surface area contributed by atoms with E-state index >= 15 is 0 Å². The summed E-state index contributed by atoms with van der Waals surface area (Å²) in [5.74, 6) is 0.0284. The van der Waals surface area contributed by atoms with Crippen molar-refractivity contribution in [2.24, 2.45) is 13.0 Å². The van der Waals surface area contributed by atoms with Crippen LogP contribution in [-0.4, -0.2) is 32.3 Å². The van der Waals surface area contributed by atoms with Crippen LogP contribution in [0.3, 0.4) is 0 Å². The largest absolute Gasteiger partial charge is 0.342 e. The molecule has 0 saturated heterocycles. The highest BCUT2D eigenvalue weighted by molar-refractivity contribution is 7.99. The van der Waals surface area contributed by atoms with Crippen LogP contribution >= 0.6 is 58.2 Å². The first-order valence-electron chi connectivity index (χ1n) is 10.1. The Bertz CT molecular complexity index is 1220. The zero-order valence-electron chi connectivity index (χ0n) is 18.4. The van der Waals surface area contributed by atoms with Crippen LogP contribution < -0.4 is 10.6 Å². The van der Waals surface area contributed by atoms with Crippen LogP contribution in [0.1, 0.15) is 36.1 Å². The summed E-state index contributed by atoms with van der Waals surface area (Å²) in [5, 5.41) is 15.9. The van der Waals surface area contributed by atoms with Gasteiger partial charge in [0.2, 0.25) is 5.91 Å². The van der Waals surface area contributed by atoms with E-state index in [4.69, 9.17) is 46.4 Å². The summed E-state index contributed by atoms with van der Waals surface area (Å²) in [6, 6.07) is 9.37. The molecule has 12 heteroatoms. The molecular formula is C22H21Cl4N5O2S. The summed E-state index contributed by atoms with van der Waals surface area (Å²) in [5.41, 5.74) is 0.742. The monoisotopic (exact) mass is 559 g/mol. The fourth-order valence-electron chi connectivity index (χ4n) is 3.05. The van der Waals surface area contributed by atoms with Crippen LogP contribution in [0.2, 0.25) is 20.1 Å².